The summed E-state index contributed by atoms with van der Waals surface area (Å²) in [6.45, 7) is 22.8. The minimum atomic E-state index is 0.180. The smallest absolute Gasteiger partial charge is 0.0142 e. The van der Waals surface area contributed by atoms with Crippen LogP contribution in [0.3, 0.4) is 0 Å². The minimum absolute atomic E-state index is 0.180. The molecule has 0 amide bonds. The van der Waals surface area contributed by atoms with Crippen LogP contribution in [0.15, 0.2) is 109 Å². The van der Waals surface area contributed by atoms with Crippen molar-refractivity contribution in [3.05, 3.63) is 154 Å². The van der Waals surface area contributed by atoms with Gasteiger partial charge in [-0.2, -0.15) is 18.2 Å². The van der Waals surface area contributed by atoms with Gasteiger partial charge >= 0.3 is 151 Å². The van der Waals surface area contributed by atoms with Crippen molar-refractivity contribution in [3.8, 4) is 0 Å². The van der Waals surface area contributed by atoms with Crippen LogP contribution in [0.5, 0.6) is 0 Å². The quantitative estimate of drug-likeness (QED) is 0.136. The molecule has 0 N–H and O–H groups in total. The van der Waals surface area contributed by atoms with Gasteiger partial charge in [-0.25, -0.2) is 12.1 Å². The van der Waals surface area contributed by atoms with Crippen LogP contribution in [0.1, 0.15) is 126 Å². The molecule has 0 aliphatic heterocycles. The fourth-order valence-corrected chi connectivity index (χ4v) is 7.69. The Morgan fingerprint density at radius 2 is 0.960 bits per heavy atom. The Balaban J connectivity index is 0.000000197. The van der Waals surface area contributed by atoms with Gasteiger partial charge in [0.25, 0.3) is 0 Å². The third-order valence-electron chi connectivity index (χ3n) is 9.69. The molecule has 260 valence electrons. The first-order valence-electron chi connectivity index (χ1n) is 18.8. The summed E-state index contributed by atoms with van der Waals surface area (Å²) in [4.78, 5) is 0. The Kier molecular flexibility index (Phi) is 14.2. The molecule has 6 aromatic carbocycles. The van der Waals surface area contributed by atoms with E-state index in [-0.39, 0.29) is 10.8 Å². The van der Waals surface area contributed by atoms with Crippen molar-refractivity contribution in [2.75, 3.05) is 0 Å². The summed E-state index contributed by atoms with van der Waals surface area (Å²) in [7, 11) is 0. The second kappa shape index (κ2) is 17.9. The first-order valence-corrected chi connectivity index (χ1v) is 20.0. The van der Waals surface area contributed by atoms with E-state index in [1.165, 1.54) is 132 Å². The summed E-state index contributed by atoms with van der Waals surface area (Å²) in [5.41, 5.74) is 11.7. The van der Waals surface area contributed by atoms with Gasteiger partial charge in [0, 0.05) is 0 Å². The maximum atomic E-state index is 2.43. The van der Waals surface area contributed by atoms with E-state index in [9.17, 15) is 0 Å². The molecule has 50 heavy (non-hydrogen) atoms. The zero-order valence-electron chi connectivity index (χ0n) is 32.6. The Hall–Kier alpha value is -3.15. The topological polar surface area (TPSA) is 0 Å². The van der Waals surface area contributed by atoms with Gasteiger partial charge in [0.2, 0.25) is 0 Å². The first-order chi connectivity index (χ1) is 23.7. The molecule has 0 bridgehead atoms. The fraction of sp³-hybridized carbons (Fsp3) is 0.367. The molecular formula is C49H60Zr. The van der Waals surface area contributed by atoms with E-state index in [1.807, 2.05) is 30.3 Å². The Morgan fingerprint density at radius 1 is 0.580 bits per heavy atom. The number of unbranched alkanes of at least 4 members (excludes halogenated alkanes) is 2. The first kappa shape index (κ1) is 39.6. The summed E-state index contributed by atoms with van der Waals surface area (Å²) in [6, 6.07) is 40.3. The third-order valence-corrected chi connectivity index (χ3v) is 11.1. The second-order valence-corrected chi connectivity index (χ2v) is 17.3. The molecule has 0 fully saturated rings. The van der Waals surface area contributed by atoms with E-state index in [2.05, 4.69) is 148 Å². The van der Waals surface area contributed by atoms with E-state index in [0.717, 1.165) is 0 Å². The maximum absolute atomic E-state index is 2.43. The number of hydrogen-bond acceptors (Lipinski definition) is 0. The minimum Gasteiger partial charge on any atom is -0.214 e. The van der Waals surface area contributed by atoms with Gasteiger partial charge in [0.05, 0.1) is 0 Å². The van der Waals surface area contributed by atoms with Crippen molar-refractivity contribution in [3.63, 3.8) is 0 Å². The number of fused-ring (bicyclic) bond motifs is 3. The summed E-state index contributed by atoms with van der Waals surface area (Å²) in [5.74, 6) is 0. The van der Waals surface area contributed by atoms with E-state index in [1.54, 1.807) is 0 Å². The molecule has 0 atom stereocenters. The van der Waals surface area contributed by atoms with Gasteiger partial charge < -0.3 is 0 Å². The number of benzene rings is 4. The zero-order valence-corrected chi connectivity index (χ0v) is 35.1. The largest absolute Gasteiger partial charge is 0.214 e. The van der Waals surface area contributed by atoms with E-state index < -0.39 is 0 Å². The molecular weight excluding hydrogens is 680 g/mol. The van der Waals surface area contributed by atoms with Crippen LogP contribution in [0.4, 0.5) is 0 Å². The van der Waals surface area contributed by atoms with Crippen LogP contribution in [0.2, 0.25) is 0 Å². The van der Waals surface area contributed by atoms with Crippen LogP contribution < -0.4 is 0 Å². The Morgan fingerprint density at radius 3 is 1.26 bits per heavy atom. The van der Waals surface area contributed by atoms with Crippen LogP contribution >= 0.6 is 0 Å². The molecule has 6 aromatic rings. The van der Waals surface area contributed by atoms with Gasteiger partial charge in [-0.1, -0.05) is 75.9 Å². The van der Waals surface area contributed by atoms with Gasteiger partial charge in [-0.05, 0) is 24.7 Å². The van der Waals surface area contributed by atoms with Crippen molar-refractivity contribution in [2.45, 2.75) is 119 Å². The molecule has 1 heteroatoms. The molecule has 0 saturated carbocycles. The number of aryl methyl sites for hydroxylation is 4. The molecule has 0 nitrogen and oxygen atoms in total. The molecule has 0 saturated heterocycles. The van der Waals surface area contributed by atoms with Crippen LogP contribution in [-0.4, -0.2) is 3.21 Å². The third kappa shape index (κ3) is 10.7. The molecule has 0 heterocycles. The maximum Gasteiger partial charge on any atom is -0.0142 e. The molecule has 6 rings (SSSR count). The monoisotopic (exact) mass is 738 g/mol. The second-order valence-electron chi connectivity index (χ2n) is 16.1. The summed E-state index contributed by atoms with van der Waals surface area (Å²) < 4.78 is 1.45. The average Bonchev–Trinajstić information content (AvgIpc) is 3.77. The molecule has 0 aliphatic rings. The molecule has 0 aliphatic carbocycles. The van der Waals surface area contributed by atoms with Gasteiger partial charge in [-0.15, -0.1) is 39.7 Å². The summed E-state index contributed by atoms with van der Waals surface area (Å²) in [6.07, 6.45) is 7.51. The van der Waals surface area contributed by atoms with Crippen LogP contribution in [0.25, 0.3) is 21.5 Å². The molecule has 0 spiro atoms. The Bertz CT molecular complexity index is 1790. The van der Waals surface area contributed by atoms with Crippen molar-refractivity contribution >= 4 is 24.8 Å². The van der Waals surface area contributed by atoms with Crippen molar-refractivity contribution in [1.82, 2.24) is 0 Å². The standard InChI is InChI=1S/C23H29.C21H26.C5H5.Zr/c1-14-9-16-11-17-10-15(2)21(23(6,7)8)13-19(17)18(16)12-20(14)22(3,4)5;1-3-5-7-18-9-13-20(14-10-18)17-21-15-11-19(12-16-21)8-6-4-2;1-2-4-5-3-1;/h9-13H,1-8H3;9-16H,3-8H2,1-2H3;1-5H;/q-1;;-1;+2. The molecule has 0 unspecified atom stereocenters. The van der Waals surface area contributed by atoms with E-state index in [4.69, 9.17) is 0 Å². The fourth-order valence-electron chi connectivity index (χ4n) is 6.87. The van der Waals surface area contributed by atoms with Crippen molar-refractivity contribution in [1.29, 1.82) is 0 Å². The SMILES string of the molecule is CCCCc1ccc([C](=[Zr+2])c2ccc(CCCC)cc2)cc1.Cc1cc2[cH-]c3cc(C)c(C(C)(C)C)cc3c2cc1C(C)(C)C.c1cc[cH-]c1. The predicted octanol–water partition coefficient (Wildman–Crippen LogP) is 13.8. The van der Waals surface area contributed by atoms with Gasteiger partial charge in [0.15, 0.2) is 0 Å². The number of hydrogen-bond donors (Lipinski definition) is 0. The molecule has 0 aromatic heterocycles. The van der Waals surface area contributed by atoms with Gasteiger partial charge in [0.1, 0.15) is 0 Å². The zero-order chi connectivity index (χ0) is 36.5. The summed E-state index contributed by atoms with van der Waals surface area (Å²) in [5, 5.41) is 5.55. The molecule has 0 radical (unpaired) electrons. The van der Waals surface area contributed by atoms with Crippen LogP contribution in [-0.2, 0) is 47.9 Å². The predicted molar refractivity (Wildman–Crippen MR) is 219 cm³/mol. The number of rotatable bonds is 8. The van der Waals surface area contributed by atoms with Crippen molar-refractivity contribution in [2.24, 2.45) is 0 Å². The Labute approximate surface area is 319 Å². The normalized spacial score (nSPS) is 11.6. The van der Waals surface area contributed by atoms with Crippen LogP contribution in [0, 0.1) is 13.8 Å². The van der Waals surface area contributed by atoms with Gasteiger partial charge in [-0.3, -0.25) is 0 Å². The van der Waals surface area contributed by atoms with E-state index in [0.29, 0.717) is 0 Å². The average molecular weight is 740 g/mol. The van der Waals surface area contributed by atoms with Crippen molar-refractivity contribution < 1.29 is 24.2 Å². The summed E-state index contributed by atoms with van der Waals surface area (Å²) >= 11 is 1.48. The van der Waals surface area contributed by atoms with E-state index >= 15 is 0 Å².